The summed E-state index contributed by atoms with van der Waals surface area (Å²) in [6.45, 7) is 0. The van der Waals surface area contributed by atoms with E-state index >= 15 is 0 Å². The normalized spacial score (nSPS) is 34.3. The number of nitrogens with one attached hydrogen (secondary N) is 1. The molecule has 0 aromatic heterocycles. The van der Waals surface area contributed by atoms with Gasteiger partial charge in [0.25, 0.3) is 0 Å². The smallest absolute Gasteiger partial charge is 0.240 e. The van der Waals surface area contributed by atoms with Crippen molar-refractivity contribution in [2.45, 2.75) is 62.6 Å². The summed E-state index contributed by atoms with van der Waals surface area (Å²) in [5.74, 6) is 0.00939. The predicted molar refractivity (Wildman–Crippen MR) is 57.2 cm³/mol. The average Bonchev–Trinajstić information content (AvgIpc) is 2.18. The maximum Gasteiger partial charge on any atom is 0.240 e. The Kier molecular flexibility index (Phi) is 2.98. The van der Waals surface area contributed by atoms with Gasteiger partial charge in [-0.25, -0.2) is 0 Å². The van der Waals surface area contributed by atoms with Crippen LogP contribution < -0.4 is 11.1 Å². The largest absolute Gasteiger partial charge is 0.393 e. The van der Waals surface area contributed by atoms with Crippen LogP contribution in [-0.2, 0) is 4.79 Å². The van der Waals surface area contributed by atoms with Crippen LogP contribution in [0.1, 0.15) is 44.9 Å². The summed E-state index contributed by atoms with van der Waals surface area (Å²) in [6, 6.07) is 0.224. The number of rotatable bonds is 2. The summed E-state index contributed by atoms with van der Waals surface area (Å²) < 4.78 is 0. The predicted octanol–water partition coefficient (Wildman–Crippen LogP) is 0.287. The molecule has 0 bridgehead atoms. The van der Waals surface area contributed by atoms with Gasteiger partial charge in [-0.05, 0) is 44.9 Å². The number of carbonyl (C=O) groups is 1. The van der Waals surface area contributed by atoms with E-state index in [-0.39, 0.29) is 18.1 Å². The number of nitrogens with two attached hydrogens (primary N) is 1. The van der Waals surface area contributed by atoms with Crippen LogP contribution in [0.2, 0.25) is 0 Å². The highest BCUT2D eigenvalue weighted by Gasteiger charge is 2.40. The van der Waals surface area contributed by atoms with Gasteiger partial charge in [0.15, 0.2) is 0 Å². The highest BCUT2D eigenvalue weighted by molar-refractivity contribution is 5.87. The molecule has 2 saturated carbocycles. The monoisotopic (exact) mass is 212 g/mol. The highest BCUT2D eigenvalue weighted by atomic mass is 16.3. The molecule has 2 rings (SSSR count). The van der Waals surface area contributed by atoms with E-state index in [9.17, 15) is 9.90 Å². The van der Waals surface area contributed by atoms with Crippen molar-refractivity contribution < 1.29 is 9.90 Å². The molecule has 0 radical (unpaired) electrons. The van der Waals surface area contributed by atoms with Crippen molar-refractivity contribution in [3.05, 3.63) is 0 Å². The number of aliphatic hydroxyl groups is 1. The lowest BCUT2D eigenvalue weighted by molar-refractivity contribution is -0.130. The van der Waals surface area contributed by atoms with E-state index in [4.69, 9.17) is 5.73 Å². The molecule has 2 fully saturated rings. The maximum atomic E-state index is 11.8. The van der Waals surface area contributed by atoms with Crippen molar-refractivity contribution in [1.82, 2.24) is 5.32 Å². The minimum atomic E-state index is -0.587. The SMILES string of the molecule is NC1(C(=O)NC2CCC(O)CC2)CCC1. The van der Waals surface area contributed by atoms with Gasteiger partial charge in [-0.2, -0.15) is 0 Å². The molecular formula is C11H20N2O2. The summed E-state index contributed by atoms with van der Waals surface area (Å²) in [5, 5.41) is 12.3. The molecule has 0 saturated heterocycles. The minimum absolute atomic E-state index is 0.00939. The first kappa shape index (κ1) is 10.9. The third-order valence-corrected chi connectivity index (χ3v) is 3.73. The first-order valence-corrected chi connectivity index (χ1v) is 5.88. The molecule has 0 aromatic rings. The minimum Gasteiger partial charge on any atom is -0.393 e. The molecule has 0 heterocycles. The molecule has 4 heteroatoms. The Bertz CT molecular complexity index is 243. The molecular weight excluding hydrogens is 192 g/mol. The third-order valence-electron chi connectivity index (χ3n) is 3.73. The van der Waals surface area contributed by atoms with Crippen molar-refractivity contribution in [2.24, 2.45) is 5.73 Å². The number of hydrogen-bond donors (Lipinski definition) is 3. The van der Waals surface area contributed by atoms with Gasteiger partial charge in [0.05, 0.1) is 11.6 Å². The second-order valence-electron chi connectivity index (χ2n) is 4.99. The molecule has 15 heavy (non-hydrogen) atoms. The van der Waals surface area contributed by atoms with E-state index in [1.807, 2.05) is 0 Å². The standard InChI is InChI=1S/C11H20N2O2/c12-11(6-1-7-11)10(15)13-8-2-4-9(14)5-3-8/h8-9,14H,1-7,12H2,(H,13,15). The molecule has 1 amide bonds. The fourth-order valence-corrected chi connectivity index (χ4v) is 2.33. The fraction of sp³-hybridized carbons (Fsp3) is 0.909. The Hall–Kier alpha value is -0.610. The Morgan fingerprint density at radius 2 is 1.87 bits per heavy atom. The maximum absolute atomic E-state index is 11.8. The van der Waals surface area contributed by atoms with Crippen molar-refractivity contribution in [3.63, 3.8) is 0 Å². The van der Waals surface area contributed by atoms with Crippen LogP contribution in [0.25, 0.3) is 0 Å². The molecule has 2 aliphatic rings. The van der Waals surface area contributed by atoms with Crippen LogP contribution in [0.15, 0.2) is 0 Å². The van der Waals surface area contributed by atoms with Gasteiger partial charge in [-0.1, -0.05) is 0 Å². The first-order chi connectivity index (χ1) is 7.10. The van der Waals surface area contributed by atoms with Crippen LogP contribution in [-0.4, -0.2) is 28.7 Å². The highest BCUT2D eigenvalue weighted by Crippen LogP contribution is 2.29. The molecule has 2 aliphatic carbocycles. The zero-order valence-corrected chi connectivity index (χ0v) is 9.04. The fourth-order valence-electron chi connectivity index (χ4n) is 2.33. The van der Waals surface area contributed by atoms with E-state index in [0.717, 1.165) is 44.9 Å². The first-order valence-electron chi connectivity index (χ1n) is 5.88. The lowest BCUT2D eigenvalue weighted by Gasteiger charge is -2.38. The van der Waals surface area contributed by atoms with Crippen molar-refractivity contribution in [2.75, 3.05) is 0 Å². The van der Waals surface area contributed by atoms with Gasteiger partial charge in [-0.3, -0.25) is 4.79 Å². The average molecular weight is 212 g/mol. The summed E-state index contributed by atoms with van der Waals surface area (Å²) in [5.41, 5.74) is 5.34. The van der Waals surface area contributed by atoms with Crippen molar-refractivity contribution >= 4 is 5.91 Å². The number of amides is 1. The Labute approximate surface area is 90.2 Å². The number of aliphatic hydroxyl groups excluding tert-OH is 1. The van der Waals surface area contributed by atoms with E-state index < -0.39 is 5.54 Å². The number of carbonyl (C=O) groups excluding carboxylic acids is 1. The van der Waals surface area contributed by atoms with Crippen LogP contribution >= 0.6 is 0 Å². The Morgan fingerprint density at radius 1 is 1.27 bits per heavy atom. The topological polar surface area (TPSA) is 75.4 Å². The lowest BCUT2D eigenvalue weighted by Crippen LogP contribution is -2.60. The van der Waals surface area contributed by atoms with Crippen LogP contribution in [0.4, 0.5) is 0 Å². The summed E-state index contributed by atoms with van der Waals surface area (Å²) >= 11 is 0. The van der Waals surface area contributed by atoms with Gasteiger partial charge >= 0.3 is 0 Å². The Balaban J connectivity index is 1.79. The van der Waals surface area contributed by atoms with E-state index in [2.05, 4.69) is 5.32 Å². The van der Waals surface area contributed by atoms with Crippen LogP contribution in [0.5, 0.6) is 0 Å². The van der Waals surface area contributed by atoms with Gasteiger partial charge in [0.1, 0.15) is 0 Å². The summed E-state index contributed by atoms with van der Waals surface area (Å²) in [6.07, 6.45) is 5.86. The molecule has 4 N–H and O–H groups in total. The molecule has 4 nitrogen and oxygen atoms in total. The Morgan fingerprint density at radius 3 is 2.33 bits per heavy atom. The number of hydrogen-bond acceptors (Lipinski definition) is 3. The quantitative estimate of drug-likeness (QED) is 0.615. The molecule has 0 spiro atoms. The van der Waals surface area contributed by atoms with Gasteiger partial charge in [0, 0.05) is 6.04 Å². The second kappa shape index (κ2) is 4.10. The van der Waals surface area contributed by atoms with E-state index in [0.29, 0.717) is 0 Å². The molecule has 0 aromatic carbocycles. The molecule has 0 aliphatic heterocycles. The zero-order chi connectivity index (χ0) is 10.9. The van der Waals surface area contributed by atoms with Gasteiger partial charge in [-0.15, -0.1) is 0 Å². The van der Waals surface area contributed by atoms with E-state index in [1.54, 1.807) is 0 Å². The van der Waals surface area contributed by atoms with Crippen LogP contribution in [0, 0.1) is 0 Å². The van der Waals surface area contributed by atoms with Crippen molar-refractivity contribution in [1.29, 1.82) is 0 Å². The molecule has 86 valence electrons. The molecule has 0 unspecified atom stereocenters. The summed E-state index contributed by atoms with van der Waals surface area (Å²) in [4.78, 5) is 11.8. The van der Waals surface area contributed by atoms with Gasteiger partial charge < -0.3 is 16.2 Å². The lowest BCUT2D eigenvalue weighted by atomic mass is 9.76. The second-order valence-corrected chi connectivity index (χ2v) is 4.99. The molecule has 0 atom stereocenters. The van der Waals surface area contributed by atoms with Gasteiger partial charge in [0.2, 0.25) is 5.91 Å². The van der Waals surface area contributed by atoms with Crippen LogP contribution in [0.3, 0.4) is 0 Å². The van der Waals surface area contributed by atoms with Crippen molar-refractivity contribution in [3.8, 4) is 0 Å². The summed E-state index contributed by atoms with van der Waals surface area (Å²) in [7, 11) is 0. The zero-order valence-electron chi connectivity index (χ0n) is 9.04. The third kappa shape index (κ3) is 2.32. The van der Waals surface area contributed by atoms with E-state index in [1.165, 1.54) is 0 Å².